The average Bonchev–Trinajstić information content (AvgIpc) is 3.36. The molecular weight excluding hydrogens is 652 g/mol. The first kappa shape index (κ1) is 38.6. The topological polar surface area (TPSA) is 199 Å². The van der Waals surface area contributed by atoms with Crippen molar-refractivity contribution in [2.45, 2.75) is 29.7 Å². The summed E-state index contributed by atoms with van der Waals surface area (Å²) in [6, 6.07) is 7.76. The van der Waals surface area contributed by atoms with Gasteiger partial charge in [-0.25, -0.2) is 18.0 Å². The zero-order chi connectivity index (χ0) is 31.5. The number of pyridine rings is 1. The summed E-state index contributed by atoms with van der Waals surface area (Å²) in [6.45, 7) is 1.91. The fraction of sp³-hybridized carbons (Fsp3) is 0.259. The van der Waals surface area contributed by atoms with Crippen LogP contribution in [0.1, 0.15) is 16.8 Å². The van der Waals surface area contributed by atoms with Gasteiger partial charge >= 0.3 is 76.2 Å². The van der Waals surface area contributed by atoms with Crippen LogP contribution >= 0.6 is 0 Å². The predicted octanol–water partition coefficient (Wildman–Crippen LogP) is 1.24. The van der Waals surface area contributed by atoms with Gasteiger partial charge in [0.25, 0.3) is 10.0 Å². The van der Waals surface area contributed by atoms with Gasteiger partial charge in [-0.1, -0.05) is 0 Å². The van der Waals surface area contributed by atoms with Crippen LogP contribution in [0.5, 0.6) is 23.0 Å². The summed E-state index contributed by atoms with van der Waals surface area (Å²) in [5, 5.41) is 17.7. The summed E-state index contributed by atoms with van der Waals surface area (Å²) in [4.78, 5) is 30.5. The number of methoxy groups -OCH3 is 2. The standard InChI is InChI=1S/C27H27N3O11S2.2Na.2H/c1-15-11-28-20(16(2)26(15)39-4)14-42(35)27-29-19-7-5-17(38-3)9-21(19)30(27)43(36,37)18-6-8-22(40-12-24(31)32)23(10-18)41-13-25(33)34;;;;/h5-11H,12-14H2,1-4H3,(H,31,32)(H,33,34);;;;. The molecule has 2 N–H and O–H groups in total. The first-order valence-electron chi connectivity index (χ1n) is 12.4. The van der Waals surface area contributed by atoms with E-state index in [-0.39, 0.29) is 92.6 Å². The van der Waals surface area contributed by atoms with Crippen LogP contribution in [0.3, 0.4) is 0 Å². The Balaban J connectivity index is 0.00000353. The molecule has 0 bridgehead atoms. The molecule has 18 heteroatoms. The van der Waals surface area contributed by atoms with E-state index < -0.39 is 51.2 Å². The Morgan fingerprint density at radius 3 is 2.20 bits per heavy atom. The monoisotopic (exact) mass is 681 g/mol. The second-order valence-electron chi connectivity index (χ2n) is 9.03. The van der Waals surface area contributed by atoms with Crippen molar-refractivity contribution in [2.75, 3.05) is 27.4 Å². The van der Waals surface area contributed by atoms with Crippen molar-refractivity contribution >= 4 is 103 Å². The van der Waals surface area contributed by atoms with E-state index in [0.717, 1.165) is 27.7 Å². The van der Waals surface area contributed by atoms with Crippen LogP contribution < -0.4 is 18.9 Å². The van der Waals surface area contributed by atoms with E-state index >= 15 is 0 Å². The number of aliphatic carboxylic acids is 2. The van der Waals surface area contributed by atoms with Crippen molar-refractivity contribution in [3.05, 3.63) is 59.4 Å². The summed E-state index contributed by atoms with van der Waals surface area (Å²) < 4.78 is 64.0. The summed E-state index contributed by atoms with van der Waals surface area (Å²) in [7, 11) is -1.69. The number of ether oxygens (including phenoxy) is 4. The molecule has 0 amide bonds. The summed E-state index contributed by atoms with van der Waals surface area (Å²) in [5.41, 5.74) is 2.10. The van der Waals surface area contributed by atoms with Crippen LogP contribution in [0.15, 0.2) is 52.6 Å². The van der Waals surface area contributed by atoms with Crippen molar-refractivity contribution in [1.82, 2.24) is 13.9 Å². The molecule has 4 aromatic rings. The first-order chi connectivity index (χ1) is 20.4. The molecule has 0 spiro atoms. The molecule has 1 unspecified atom stereocenters. The van der Waals surface area contributed by atoms with Gasteiger partial charge in [0, 0.05) is 40.6 Å². The van der Waals surface area contributed by atoms with E-state index in [1.165, 1.54) is 26.4 Å². The normalized spacial score (nSPS) is 11.6. The van der Waals surface area contributed by atoms with Crippen LogP contribution in [0.25, 0.3) is 11.0 Å². The van der Waals surface area contributed by atoms with E-state index in [2.05, 4.69) is 9.97 Å². The van der Waals surface area contributed by atoms with Crippen LogP contribution in [0.2, 0.25) is 0 Å². The molecule has 45 heavy (non-hydrogen) atoms. The van der Waals surface area contributed by atoms with Gasteiger partial charge in [0.1, 0.15) is 11.5 Å². The SMILES string of the molecule is COc1ccc2nc([S+]([O-])Cc3ncc(C)c(OC)c3C)n(S(=O)(=O)c3ccc(OCC(=O)O)c(OCC(=O)O)c3)c2c1.[NaH].[NaH]. The molecule has 0 aliphatic heterocycles. The van der Waals surface area contributed by atoms with Crippen molar-refractivity contribution in [1.29, 1.82) is 0 Å². The molecule has 0 saturated carbocycles. The fourth-order valence-corrected chi connectivity index (χ4v) is 7.24. The molecule has 2 aromatic heterocycles. The first-order valence-corrected chi connectivity index (χ1v) is 15.2. The Morgan fingerprint density at radius 1 is 0.956 bits per heavy atom. The molecule has 0 radical (unpaired) electrons. The number of imidazole rings is 1. The number of hydrogen-bond donors (Lipinski definition) is 2. The average molecular weight is 682 g/mol. The number of carbonyl (C=O) groups is 2. The van der Waals surface area contributed by atoms with E-state index in [1.807, 2.05) is 6.92 Å². The third kappa shape index (κ3) is 8.64. The number of hydrogen-bond acceptors (Lipinski definition) is 11. The van der Waals surface area contributed by atoms with E-state index in [0.29, 0.717) is 22.8 Å². The molecule has 14 nitrogen and oxygen atoms in total. The third-order valence-electron chi connectivity index (χ3n) is 6.17. The van der Waals surface area contributed by atoms with E-state index in [4.69, 9.17) is 29.2 Å². The molecule has 1 atom stereocenters. The van der Waals surface area contributed by atoms with Crippen molar-refractivity contribution in [2.24, 2.45) is 0 Å². The molecular formula is C27H29N3Na2O11S2. The van der Waals surface area contributed by atoms with Gasteiger partial charge in [0.05, 0.1) is 35.8 Å². The number of rotatable bonds is 13. The Kier molecular flexibility index (Phi) is 14.0. The maximum atomic E-state index is 14.2. The Hall–Kier alpha value is -2.54. The van der Waals surface area contributed by atoms with Gasteiger partial charge in [-0.05, 0) is 38.1 Å². The minimum absolute atomic E-state index is 0. The quantitative estimate of drug-likeness (QED) is 0.151. The summed E-state index contributed by atoms with van der Waals surface area (Å²) in [5.74, 6) is -2.52. The van der Waals surface area contributed by atoms with E-state index in [9.17, 15) is 22.6 Å². The molecule has 2 aromatic carbocycles. The molecule has 0 saturated heterocycles. The Morgan fingerprint density at radius 2 is 1.60 bits per heavy atom. The number of fused-ring (bicyclic) bond motifs is 1. The van der Waals surface area contributed by atoms with Gasteiger partial charge in [-0.2, -0.15) is 8.96 Å². The summed E-state index contributed by atoms with van der Waals surface area (Å²) in [6.07, 6.45) is 1.57. The van der Waals surface area contributed by atoms with Gasteiger partial charge in [-0.3, -0.25) is 4.98 Å². The van der Waals surface area contributed by atoms with Crippen molar-refractivity contribution in [3.8, 4) is 23.0 Å². The second-order valence-corrected chi connectivity index (χ2v) is 12.2. The second kappa shape index (κ2) is 16.3. The zero-order valence-corrected chi connectivity index (χ0v) is 25.0. The minimum atomic E-state index is -4.59. The van der Waals surface area contributed by atoms with Crippen molar-refractivity contribution in [3.63, 3.8) is 0 Å². The van der Waals surface area contributed by atoms with Crippen molar-refractivity contribution < 1.29 is 51.7 Å². The van der Waals surface area contributed by atoms with Crippen LogP contribution in [-0.4, -0.2) is 136 Å². The van der Waals surface area contributed by atoms with E-state index in [1.54, 1.807) is 19.2 Å². The molecule has 0 aliphatic carbocycles. The number of benzene rings is 2. The van der Waals surface area contributed by atoms with Gasteiger partial charge in [0.2, 0.25) is 0 Å². The zero-order valence-electron chi connectivity index (χ0n) is 23.4. The molecule has 0 fully saturated rings. The molecule has 4 rings (SSSR count). The van der Waals surface area contributed by atoms with Gasteiger partial charge in [-0.15, -0.1) is 0 Å². The molecule has 2 heterocycles. The summed E-state index contributed by atoms with van der Waals surface area (Å²) >= 11 is -2.05. The number of aromatic nitrogens is 3. The predicted molar refractivity (Wildman–Crippen MR) is 166 cm³/mol. The van der Waals surface area contributed by atoms with Gasteiger partial charge in [0.15, 0.2) is 30.5 Å². The van der Waals surface area contributed by atoms with Crippen LogP contribution in [0.4, 0.5) is 0 Å². The van der Waals surface area contributed by atoms with Gasteiger partial charge < -0.3 is 33.7 Å². The Labute approximate surface area is 305 Å². The number of carboxylic acid groups (broad SMARTS) is 2. The number of aryl methyl sites for hydroxylation is 1. The number of nitrogens with zero attached hydrogens (tertiary/aromatic N) is 3. The Bertz CT molecular complexity index is 1820. The third-order valence-corrected chi connectivity index (χ3v) is 9.20. The maximum absolute atomic E-state index is 14.2. The fourth-order valence-electron chi connectivity index (χ4n) is 4.19. The van der Waals surface area contributed by atoms with Crippen LogP contribution in [-0.2, 0) is 36.5 Å². The number of carboxylic acids is 2. The molecule has 0 aliphatic rings. The van der Waals surface area contributed by atoms with Crippen LogP contribution in [0, 0.1) is 13.8 Å². The molecule has 232 valence electrons.